The quantitative estimate of drug-likeness (QED) is 0.903. The predicted molar refractivity (Wildman–Crippen MR) is 77.4 cm³/mol. The Kier molecular flexibility index (Phi) is 4.87. The van der Waals surface area contributed by atoms with Gasteiger partial charge < -0.3 is 10.2 Å². The molecular formula is C14H23BrN2O. The molecule has 1 saturated carbocycles. The number of hydrogen-bond donors (Lipinski definition) is 1. The van der Waals surface area contributed by atoms with Crippen molar-refractivity contribution in [1.82, 2.24) is 4.90 Å². The predicted octanol–water partition coefficient (Wildman–Crippen LogP) is 3.55. The molecule has 3 unspecified atom stereocenters. The molecular weight excluding hydrogens is 292 g/mol. The molecule has 1 aromatic rings. The van der Waals surface area contributed by atoms with Crippen LogP contribution in [0.2, 0.25) is 0 Å². The summed E-state index contributed by atoms with van der Waals surface area (Å²) in [5.74, 6) is 1.68. The molecule has 1 aromatic heterocycles. The summed E-state index contributed by atoms with van der Waals surface area (Å²) in [4.78, 5) is 2.54. The highest BCUT2D eigenvalue weighted by molar-refractivity contribution is 9.10. The monoisotopic (exact) mass is 314 g/mol. The summed E-state index contributed by atoms with van der Waals surface area (Å²) in [5.41, 5.74) is 5.90. The molecule has 0 radical (unpaired) electrons. The molecule has 102 valence electrons. The molecule has 0 saturated heterocycles. The average molecular weight is 315 g/mol. The molecule has 2 N–H and O–H groups in total. The summed E-state index contributed by atoms with van der Waals surface area (Å²) < 4.78 is 6.51. The zero-order chi connectivity index (χ0) is 13.1. The third kappa shape index (κ3) is 2.81. The van der Waals surface area contributed by atoms with Gasteiger partial charge in [-0.3, -0.25) is 4.90 Å². The topological polar surface area (TPSA) is 42.4 Å². The Morgan fingerprint density at radius 1 is 1.50 bits per heavy atom. The normalized spacial score (nSPS) is 25.8. The van der Waals surface area contributed by atoms with Gasteiger partial charge in [-0.2, -0.15) is 0 Å². The molecule has 2 rings (SSSR count). The van der Waals surface area contributed by atoms with Crippen LogP contribution in [0.15, 0.2) is 21.2 Å². The third-order valence-electron chi connectivity index (χ3n) is 4.22. The molecule has 3 nitrogen and oxygen atoms in total. The zero-order valence-corrected chi connectivity index (χ0v) is 12.8. The number of nitrogens with zero attached hydrogens (tertiary/aromatic N) is 1. The Morgan fingerprint density at radius 3 is 2.83 bits per heavy atom. The van der Waals surface area contributed by atoms with Crippen molar-refractivity contribution in [2.75, 3.05) is 13.1 Å². The summed E-state index contributed by atoms with van der Waals surface area (Å²) in [7, 11) is 0. The van der Waals surface area contributed by atoms with E-state index >= 15 is 0 Å². The van der Waals surface area contributed by atoms with Crippen LogP contribution < -0.4 is 5.73 Å². The van der Waals surface area contributed by atoms with E-state index in [1.807, 2.05) is 6.07 Å². The minimum atomic E-state index is 0.318. The number of hydrogen-bond acceptors (Lipinski definition) is 3. The first kappa shape index (κ1) is 14.1. The fourth-order valence-electron chi connectivity index (χ4n) is 3.24. The van der Waals surface area contributed by atoms with E-state index in [0.717, 1.165) is 23.5 Å². The fourth-order valence-corrected chi connectivity index (χ4v) is 3.56. The molecule has 3 atom stereocenters. The Hall–Kier alpha value is -0.320. The van der Waals surface area contributed by atoms with Gasteiger partial charge in [-0.05, 0) is 66.8 Å². The van der Waals surface area contributed by atoms with Crippen LogP contribution in [0, 0.1) is 5.92 Å². The van der Waals surface area contributed by atoms with Crippen molar-refractivity contribution in [1.29, 1.82) is 0 Å². The fraction of sp³-hybridized carbons (Fsp3) is 0.714. The van der Waals surface area contributed by atoms with Gasteiger partial charge >= 0.3 is 0 Å². The molecule has 0 amide bonds. The molecule has 4 heteroatoms. The van der Waals surface area contributed by atoms with Crippen LogP contribution in [0.25, 0.3) is 0 Å². The van der Waals surface area contributed by atoms with Crippen LogP contribution in [0.5, 0.6) is 0 Å². The maximum Gasteiger partial charge on any atom is 0.169 e. The number of nitrogens with two attached hydrogens (primary N) is 1. The molecule has 1 aliphatic carbocycles. The van der Waals surface area contributed by atoms with Gasteiger partial charge in [-0.15, -0.1) is 0 Å². The molecule has 0 bridgehead atoms. The second-order valence-corrected chi connectivity index (χ2v) is 5.92. The van der Waals surface area contributed by atoms with E-state index < -0.39 is 0 Å². The smallest absolute Gasteiger partial charge is 0.169 e. The van der Waals surface area contributed by atoms with Gasteiger partial charge in [-0.1, -0.05) is 13.3 Å². The van der Waals surface area contributed by atoms with Crippen molar-refractivity contribution in [3.63, 3.8) is 0 Å². The van der Waals surface area contributed by atoms with Crippen LogP contribution >= 0.6 is 15.9 Å². The van der Waals surface area contributed by atoms with Gasteiger partial charge in [0, 0.05) is 6.04 Å². The largest absolute Gasteiger partial charge is 0.453 e. The van der Waals surface area contributed by atoms with E-state index in [9.17, 15) is 0 Å². The molecule has 1 fully saturated rings. The lowest BCUT2D eigenvalue weighted by Gasteiger charge is -2.35. The minimum absolute atomic E-state index is 0.318. The van der Waals surface area contributed by atoms with Crippen molar-refractivity contribution in [2.24, 2.45) is 11.7 Å². The Morgan fingerprint density at radius 2 is 2.28 bits per heavy atom. The molecule has 18 heavy (non-hydrogen) atoms. The van der Waals surface area contributed by atoms with Gasteiger partial charge in [0.25, 0.3) is 0 Å². The second-order valence-electron chi connectivity index (χ2n) is 5.14. The maximum absolute atomic E-state index is 5.90. The van der Waals surface area contributed by atoms with Crippen molar-refractivity contribution in [2.45, 2.75) is 45.2 Å². The number of rotatable bonds is 5. The first-order chi connectivity index (χ1) is 8.67. The van der Waals surface area contributed by atoms with Crippen LogP contribution in [-0.4, -0.2) is 24.0 Å². The lowest BCUT2D eigenvalue weighted by atomic mass is 10.00. The highest BCUT2D eigenvalue weighted by Crippen LogP contribution is 2.35. The zero-order valence-electron chi connectivity index (χ0n) is 11.2. The SMILES string of the molecule is CCN(C(C)c1ccc(Br)o1)C1CCCC1CN. The summed E-state index contributed by atoms with van der Waals surface area (Å²) in [6, 6.07) is 4.95. The molecule has 0 aromatic carbocycles. The van der Waals surface area contributed by atoms with Gasteiger partial charge in [0.15, 0.2) is 4.67 Å². The van der Waals surface area contributed by atoms with Crippen LogP contribution in [-0.2, 0) is 0 Å². The van der Waals surface area contributed by atoms with E-state index in [-0.39, 0.29) is 0 Å². The van der Waals surface area contributed by atoms with Crippen molar-refractivity contribution < 1.29 is 4.42 Å². The second kappa shape index (κ2) is 6.22. The summed E-state index contributed by atoms with van der Waals surface area (Å²) in [6.07, 6.45) is 3.84. The Bertz CT molecular complexity index is 380. The van der Waals surface area contributed by atoms with Crippen LogP contribution in [0.1, 0.15) is 44.9 Å². The maximum atomic E-state index is 5.90. The molecule has 1 heterocycles. The van der Waals surface area contributed by atoms with E-state index in [0.29, 0.717) is 18.0 Å². The van der Waals surface area contributed by atoms with Gasteiger partial charge in [0.2, 0.25) is 0 Å². The van der Waals surface area contributed by atoms with Crippen molar-refractivity contribution in [3.8, 4) is 0 Å². The van der Waals surface area contributed by atoms with Crippen molar-refractivity contribution in [3.05, 3.63) is 22.6 Å². The lowest BCUT2D eigenvalue weighted by molar-refractivity contribution is 0.109. The lowest BCUT2D eigenvalue weighted by Crippen LogP contribution is -2.41. The third-order valence-corrected chi connectivity index (χ3v) is 4.64. The van der Waals surface area contributed by atoms with Crippen molar-refractivity contribution >= 4 is 15.9 Å². The van der Waals surface area contributed by atoms with Gasteiger partial charge in [-0.25, -0.2) is 0 Å². The van der Waals surface area contributed by atoms with E-state index in [4.69, 9.17) is 10.2 Å². The number of furan rings is 1. The Balaban J connectivity index is 2.12. The summed E-state index contributed by atoms with van der Waals surface area (Å²) in [5, 5.41) is 0. The van der Waals surface area contributed by atoms with Crippen LogP contribution in [0.3, 0.4) is 0 Å². The standard InChI is InChI=1S/C14H23BrN2O/c1-3-17(12-6-4-5-11(12)9-16)10(2)13-7-8-14(15)18-13/h7-8,10-12H,3-6,9,16H2,1-2H3. The minimum Gasteiger partial charge on any atom is -0.453 e. The van der Waals surface area contributed by atoms with Crippen LogP contribution in [0.4, 0.5) is 0 Å². The average Bonchev–Trinajstić information content (AvgIpc) is 2.98. The molecule has 0 aliphatic heterocycles. The first-order valence-corrected chi connectivity index (χ1v) is 7.67. The summed E-state index contributed by atoms with van der Waals surface area (Å²) >= 11 is 3.38. The van der Waals surface area contributed by atoms with Gasteiger partial charge in [0.1, 0.15) is 5.76 Å². The first-order valence-electron chi connectivity index (χ1n) is 6.88. The number of halogens is 1. The summed E-state index contributed by atoms with van der Waals surface area (Å²) in [6.45, 7) is 6.29. The molecule has 0 spiro atoms. The van der Waals surface area contributed by atoms with E-state index in [1.54, 1.807) is 0 Å². The Labute approximate surface area is 118 Å². The van der Waals surface area contributed by atoms with E-state index in [1.165, 1.54) is 19.3 Å². The van der Waals surface area contributed by atoms with Gasteiger partial charge in [0.05, 0.1) is 6.04 Å². The van der Waals surface area contributed by atoms with E-state index in [2.05, 4.69) is 40.7 Å². The molecule has 1 aliphatic rings. The highest BCUT2D eigenvalue weighted by atomic mass is 79.9. The highest BCUT2D eigenvalue weighted by Gasteiger charge is 2.33.